The maximum atomic E-state index is 11.6. The summed E-state index contributed by atoms with van der Waals surface area (Å²) in [6.45, 7) is 0.190. The molecule has 1 heterocycles. The van der Waals surface area contributed by atoms with Crippen LogP contribution < -0.4 is 4.84 Å². The van der Waals surface area contributed by atoms with E-state index < -0.39 is 23.7 Å². The topological polar surface area (TPSA) is 98.0 Å². The number of aromatic nitrogens is 1. The molecular weight excluding hydrogens is 302 g/mol. The molecule has 0 radical (unpaired) electrons. The molecule has 0 aliphatic rings. The van der Waals surface area contributed by atoms with Gasteiger partial charge in [-0.1, -0.05) is 30.3 Å². The van der Waals surface area contributed by atoms with E-state index in [4.69, 9.17) is 9.57 Å². The second kappa shape index (κ2) is 7.88. The normalized spacial score (nSPS) is 10.3. The van der Waals surface area contributed by atoms with Crippen LogP contribution >= 0.6 is 0 Å². The molecule has 1 aromatic carbocycles. The molecule has 0 aliphatic carbocycles. The van der Waals surface area contributed by atoms with Crippen LogP contribution in [-0.4, -0.2) is 26.9 Å². The number of carbonyl (C=O) groups excluding carboxylic acids is 2. The number of benzene rings is 1. The van der Waals surface area contributed by atoms with Crippen LogP contribution in [-0.2, 0) is 20.9 Å². The van der Waals surface area contributed by atoms with Crippen molar-refractivity contribution < 1.29 is 29.4 Å². The van der Waals surface area contributed by atoms with Crippen LogP contribution in [0, 0.1) is 0 Å². The zero-order valence-electron chi connectivity index (χ0n) is 12.3. The zero-order chi connectivity index (χ0) is 16.7. The number of aromatic hydroxyl groups is 2. The van der Waals surface area contributed by atoms with Gasteiger partial charge in [0.15, 0.2) is 0 Å². The minimum absolute atomic E-state index is 0.0441. The lowest BCUT2D eigenvalue weighted by Gasteiger charge is -2.07. The average molecular weight is 319 g/mol. The van der Waals surface area contributed by atoms with Crippen LogP contribution in [0.2, 0.25) is 0 Å². The maximum absolute atomic E-state index is 11.6. The minimum Gasteiger partial charge on any atom is -0.492 e. The molecule has 0 spiro atoms. The summed E-state index contributed by atoms with van der Waals surface area (Å²) in [5.74, 6) is -1.87. The molecule has 0 aliphatic heterocycles. The summed E-state index contributed by atoms with van der Waals surface area (Å²) in [5, 5.41) is 18.6. The molecule has 7 nitrogen and oxygen atoms in total. The van der Waals surface area contributed by atoms with E-state index in [1.165, 1.54) is 12.1 Å². The highest BCUT2D eigenvalue weighted by molar-refractivity contribution is 5.72. The van der Waals surface area contributed by atoms with Crippen LogP contribution in [0.3, 0.4) is 0 Å². The Morgan fingerprint density at radius 2 is 1.52 bits per heavy atom. The van der Waals surface area contributed by atoms with Crippen molar-refractivity contribution in [2.24, 2.45) is 0 Å². The standard InChI is InChI=1S/C16H17NO6/c18-13-9-10-14(19)17(13)23-16(21)8-4-7-15(20)22-11-12-5-2-1-3-6-12/h1-3,5-6,9-10,18-19H,4,7-8,11H2. The van der Waals surface area contributed by atoms with Crippen LogP contribution in [0.4, 0.5) is 0 Å². The van der Waals surface area contributed by atoms with E-state index in [1.54, 1.807) is 0 Å². The Bertz CT molecular complexity index is 645. The molecule has 2 N–H and O–H groups in total. The summed E-state index contributed by atoms with van der Waals surface area (Å²) in [6, 6.07) is 11.6. The first-order valence-corrected chi connectivity index (χ1v) is 7.06. The van der Waals surface area contributed by atoms with Crippen LogP contribution in [0.15, 0.2) is 42.5 Å². The first-order chi connectivity index (χ1) is 11.1. The number of hydrogen-bond donors (Lipinski definition) is 2. The molecule has 0 unspecified atom stereocenters. The molecule has 1 aromatic heterocycles. The Balaban J connectivity index is 1.66. The van der Waals surface area contributed by atoms with Gasteiger partial charge >= 0.3 is 11.9 Å². The van der Waals surface area contributed by atoms with Crippen molar-refractivity contribution in [3.8, 4) is 11.8 Å². The van der Waals surface area contributed by atoms with Gasteiger partial charge in [0.05, 0.1) is 0 Å². The highest BCUT2D eigenvalue weighted by Gasteiger charge is 2.13. The third kappa shape index (κ3) is 5.06. The molecule has 2 aromatic rings. The van der Waals surface area contributed by atoms with Crippen molar-refractivity contribution in [2.45, 2.75) is 25.9 Å². The molecule has 23 heavy (non-hydrogen) atoms. The lowest BCUT2D eigenvalue weighted by atomic mass is 10.2. The van der Waals surface area contributed by atoms with Gasteiger partial charge in [-0.2, -0.15) is 0 Å². The summed E-state index contributed by atoms with van der Waals surface area (Å²) in [7, 11) is 0. The quantitative estimate of drug-likeness (QED) is 0.755. The second-order valence-electron chi connectivity index (χ2n) is 4.81. The van der Waals surface area contributed by atoms with Crippen LogP contribution in [0.1, 0.15) is 24.8 Å². The number of carbonyl (C=O) groups is 2. The number of rotatable bonds is 7. The second-order valence-corrected chi connectivity index (χ2v) is 4.81. The summed E-state index contributed by atoms with van der Waals surface area (Å²) < 4.78 is 5.68. The number of nitrogens with zero attached hydrogens (tertiary/aromatic N) is 1. The molecular formula is C16H17NO6. The van der Waals surface area contributed by atoms with E-state index in [0.29, 0.717) is 4.73 Å². The Morgan fingerprint density at radius 1 is 0.913 bits per heavy atom. The van der Waals surface area contributed by atoms with E-state index in [-0.39, 0.29) is 25.9 Å². The van der Waals surface area contributed by atoms with Crippen molar-refractivity contribution >= 4 is 11.9 Å². The Kier molecular flexibility index (Phi) is 5.62. The molecule has 0 fully saturated rings. The molecule has 0 saturated heterocycles. The van der Waals surface area contributed by atoms with Gasteiger partial charge in [-0.25, -0.2) is 4.79 Å². The fourth-order valence-electron chi connectivity index (χ4n) is 1.83. The van der Waals surface area contributed by atoms with Gasteiger partial charge in [0.1, 0.15) is 6.61 Å². The van der Waals surface area contributed by atoms with Crippen molar-refractivity contribution in [3.05, 3.63) is 48.0 Å². The first-order valence-electron chi connectivity index (χ1n) is 7.06. The fourth-order valence-corrected chi connectivity index (χ4v) is 1.83. The summed E-state index contributed by atoms with van der Waals surface area (Å²) in [5.41, 5.74) is 0.888. The van der Waals surface area contributed by atoms with Gasteiger partial charge < -0.3 is 19.8 Å². The van der Waals surface area contributed by atoms with Gasteiger partial charge in [-0.15, -0.1) is 4.73 Å². The molecule has 0 atom stereocenters. The van der Waals surface area contributed by atoms with Gasteiger partial charge in [0, 0.05) is 25.0 Å². The fraction of sp³-hybridized carbons (Fsp3) is 0.250. The molecule has 2 rings (SSSR count). The Hall–Kier alpha value is -2.96. The summed E-state index contributed by atoms with van der Waals surface area (Å²) in [6.07, 6.45) is 0.276. The largest absolute Gasteiger partial charge is 0.492 e. The smallest absolute Gasteiger partial charge is 0.333 e. The number of esters is 1. The van der Waals surface area contributed by atoms with Crippen molar-refractivity contribution in [1.82, 2.24) is 4.73 Å². The van der Waals surface area contributed by atoms with E-state index in [2.05, 4.69) is 0 Å². The van der Waals surface area contributed by atoms with E-state index in [1.807, 2.05) is 30.3 Å². The highest BCUT2D eigenvalue weighted by Crippen LogP contribution is 2.19. The molecule has 0 amide bonds. The summed E-state index contributed by atoms with van der Waals surface area (Å²) >= 11 is 0. The zero-order valence-corrected chi connectivity index (χ0v) is 12.3. The van der Waals surface area contributed by atoms with E-state index in [0.717, 1.165) is 5.56 Å². The van der Waals surface area contributed by atoms with Crippen molar-refractivity contribution in [3.63, 3.8) is 0 Å². The highest BCUT2D eigenvalue weighted by atomic mass is 16.7. The Morgan fingerprint density at radius 3 is 2.17 bits per heavy atom. The molecule has 0 saturated carbocycles. The van der Waals surface area contributed by atoms with Crippen molar-refractivity contribution in [1.29, 1.82) is 0 Å². The van der Waals surface area contributed by atoms with Crippen LogP contribution in [0.25, 0.3) is 0 Å². The molecule has 7 heteroatoms. The predicted octanol–water partition coefficient (Wildman–Crippen LogP) is 1.77. The minimum atomic E-state index is -0.678. The third-order valence-corrected chi connectivity index (χ3v) is 3.00. The van der Waals surface area contributed by atoms with E-state index in [9.17, 15) is 19.8 Å². The van der Waals surface area contributed by atoms with Gasteiger partial charge in [0.25, 0.3) is 0 Å². The molecule has 0 bridgehead atoms. The first kappa shape index (κ1) is 16.4. The number of ether oxygens (including phenoxy) is 1. The van der Waals surface area contributed by atoms with E-state index >= 15 is 0 Å². The average Bonchev–Trinajstić information content (AvgIpc) is 2.86. The number of hydrogen-bond acceptors (Lipinski definition) is 6. The lowest BCUT2D eigenvalue weighted by molar-refractivity contribution is -0.147. The molecule has 122 valence electrons. The SMILES string of the molecule is O=C(CCCC(=O)On1c(O)ccc1O)OCc1ccccc1. The van der Waals surface area contributed by atoms with Crippen molar-refractivity contribution in [2.75, 3.05) is 0 Å². The Labute approximate surface area is 132 Å². The van der Waals surface area contributed by atoms with Gasteiger partial charge in [0.2, 0.25) is 11.8 Å². The monoisotopic (exact) mass is 319 g/mol. The lowest BCUT2D eigenvalue weighted by Crippen LogP contribution is -2.19. The maximum Gasteiger partial charge on any atom is 0.333 e. The van der Waals surface area contributed by atoms with Gasteiger partial charge in [-0.05, 0) is 12.0 Å². The summed E-state index contributed by atoms with van der Waals surface area (Å²) in [4.78, 5) is 27.9. The van der Waals surface area contributed by atoms with Crippen LogP contribution in [0.5, 0.6) is 11.8 Å². The predicted molar refractivity (Wildman–Crippen MR) is 79.4 cm³/mol. The van der Waals surface area contributed by atoms with Gasteiger partial charge in [-0.3, -0.25) is 4.79 Å². The third-order valence-electron chi connectivity index (χ3n) is 3.00.